The van der Waals surface area contributed by atoms with Gasteiger partial charge < -0.3 is 15.1 Å². The molecule has 1 N–H and O–H groups in total. The van der Waals surface area contributed by atoms with Gasteiger partial charge in [-0.25, -0.2) is 4.98 Å². The Morgan fingerprint density at radius 1 is 1.15 bits per heavy atom. The maximum atomic E-state index is 12.8. The number of hydrogen-bond donors (Lipinski definition) is 1. The Labute approximate surface area is 155 Å². The van der Waals surface area contributed by atoms with Crippen LogP contribution in [0.15, 0.2) is 42.9 Å². The van der Waals surface area contributed by atoms with Crippen LogP contribution in [0.5, 0.6) is 0 Å². The third-order valence-corrected chi connectivity index (χ3v) is 4.63. The summed E-state index contributed by atoms with van der Waals surface area (Å²) >= 11 is 0. The molecule has 0 aromatic carbocycles. The highest BCUT2D eigenvalue weighted by Crippen LogP contribution is 2.16. The lowest BCUT2D eigenvalue weighted by Gasteiger charge is -2.35. The summed E-state index contributed by atoms with van der Waals surface area (Å²) in [6.07, 6.45) is 8.77. The van der Waals surface area contributed by atoms with Crippen LogP contribution in [0.3, 0.4) is 0 Å². The molecule has 0 saturated carbocycles. The first-order valence-corrected chi connectivity index (χ1v) is 9.42. The van der Waals surface area contributed by atoms with Gasteiger partial charge in [0, 0.05) is 51.3 Å². The number of piperazine rings is 1. The van der Waals surface area contributed by atoms with E-state index in [-0.39, 0.29) is 5.91 Å². The molecular formula is C20H27N5O. The van der Waals surface area contributed by atoms with E-state index in [1.54, 1.807) is 18.6 Å². The Bertz CT molecular complexity index is 698. The number of unbranched alkanes of at least 4 members (excludes halogenated alkanes) is 2. The molecule has 6 heteroatoms. The van der Waals surface area contributed by atoms with Gasteiger partial charge >= 0.3 is 0 Å². The number of anilines is 2. The fraction of sp³-hybridized carbons (Fsp3) is 0.450. The molecule has 3 rings (SSSR count). The molecule has 3 heterocycles. The van der Waals surface area contributed by atoms with Gasteiger partial charge in [-0.15, -0.1) is 0 Å². The summed E-state index contributed by atoms with van der Waals surface area (Å²) in [5, 5.41) is 3.36. The van der Waals surface area contributed by atoms with Crippen LogP contribution >= 0.6 is 0 Å². The van der Waals surface area contributed by atoms with Gasteiger partial charge in [-0.2, -0.15) is 0 Å². The van der Waals surface area contributed by atoms with E-state index in [2.05, 4.69) is 27.1 Å². The van der Waals surface area contributed by atoms with Crippen LogP contribution in [0.2, 0.25) is 0 Å². The molecule has 0 unspecified atom stereocenters. The van der Waals surface area contributed by atoms with E-state index in [1.807, 2.05) is 29.2 Å². The van der Waals surface area contributed by atoms with E-state index in [9.17, 15) is 4.79 Å². The summed E-state index contributed by atoms with van der Waals surface area (Å²) in [5.74, 6) is 1.02. The molecule has 0 aliphatic carbocycles. The molecule has 2 aromatic heterocycles. The topological polar surface area (TPSA) is 61.4 Å². The monoisotopic (exact) mass is 353 g/mol. The fourth-order valence-electron chi connectivity index (χ4n) is 3.12. The molecule has 1 aliphatic heterocycles. The standard InChI is InChI=1S/C20H27N5O/c1-2-3-5-8-22-18-14-17(15-21-16-18)20(26)25-12-10-24(11-13-25)19-7-4-6-9-23-19/h4,6-7,9,14-16,22H,2-3,5,8,10-13H2,1H3. The number of carbonyl (C=O) groups excluding carboxylic acids is 1. The lowest BCUT2D eigenvalue weighted by atomic mass is 10.2. The van der Waals surface area contributed by atoms with Gasteiger partial charge in [0.25, 0.3) is 5.91 Å². The zero-order valence-corrected chi connectivity index (χ0v) is 15.4. The molecule has 1 fully saturated rings. The summed E-state index contributed by atoms with van der Waals surface area (Å²) in [7, 11) is 0. The van der Waals surface area contributed by atoms with E-state index in [0.29, 0.717) is 18.7 Å². The van der Waals surface area contributed by atoms with Gasteiger partial charge in [0.1, 0.15) is 5.82 Å². The van der Waals surface area contributed by atoms with Gasteiger partial charge in [0.15, 0.2) is 0 Å². The predicted molar refractivity (Wildman–Crippen MR) is 105 cm³/mol. The minimum atomic E-state index is 0.0513. The molecule has 26 heavy (non-hydrogen) atoms. The minimum Gasteiger partial charge on any atom is -0.384 e. The molecule has 0 bridgehead atoms. The largest absolute Gasteiger partial charge is 0.384 e. The first kappa shape index (κ1) is 18.2. The number of hydrogen-bond acceptors (Lipinski definition) is 5. The molecule has 2 aromatic rings. The summed E-state index contributed by atoms with van der Waals surface area (Å²) in [5.41, 5.74) is 1.57. The third kappa shape index (κ3) is 4.71. The number of amides is 1. The van der Waals surface area contributed by atoms with Crippen molar-refractivity contribution in [3.05, 3.63) is 48.4 Å². The van der Waals surface area contributed by atoms with Crippen molar-refractivity contribution in [1.29, 1.82) is 0 Å². The van der Waals surface area contributed by atoms with Crippen molar-refractivity contribution >= 4 is 17.4 Å². The van der Waals surface area contributed by atoms with E-state index in [4.69, 9.17) is 0 Å². The second kappa shape index (κ2) is 9.17. The van der Waals surface area contributed by atoms with Crippen molar-refractivity contribution < 1.29 is 4.79 Å². The smallest absolute Gasteiger partial charge is 0.255 e. The molecule has 1 aliphatic rings. The van der Waals surface area contributed by atoms with Crippen molar-refractivity contribution in [2.75, 3.05) is 42.9 Å². The number of nitrogens with one attached hydrogen (secondary N) is 1. The average molecular weight is 353 g/mol. The maximum absolute atomic E-state index is 12.8. The van der Waals surface area contributed by atoms with Crippen LogP contribution in [0.1, 0.15) is 36.5 Å². The van der Waals surface area contributed by atoms with Crippen molar-refractivity contribution in [2.24, 2.45) is 0 Å². The Hall–Kier alpha value is -2.63. The Kier molecular flexibility index (Phi) is 6.41. The number of pyridine rings is 2. The molecule has 138 valence electrons. The zero-order valence-electron chi connectivity index (χ0n) is 15.4. The molecule has 6 nitrogen and oxygen atoms in total. The van der Waals surface area contributed by atoms with Crippen LogP contribution in [0.4, 0.5) is 11.5 Å². The van der Waals surface area contributed by atoms with Gasteiger partial charge in [-0.3, -0.25) is 9.78 Å². The fourth-order valence-corrected chi connectivity index (χ4v) is 3.12. The molecular weight excluding hydrogens is 326 g/mol. The lowest BCUT2D eigenvalue weighted by Crippen LogP contribution is -2.49. The summed E-state index contributed by atoms with van der Waals surface area (Å²) in [6, 6.07) is 7.82. The third-order valence-electron chi connectivity index (χ3n) is 4.63. The quantitative estimate of drug-likeness (QED) is 0.775. The molecule has 0 spiro atoms. The minimum absolute atomic E-state index is 0.0513. The van der Waals surface area contributed by atoms with Gasteiger partial charge in [0.05, 0.1) is 11.3 Å². The van der Waals surface area contributed by atoms with Crippen LogP contribution in [-0.4, -0.2) is 53.5 Å². The van der Waals surface area contributed by atoms with Crippen molar-refractivity contribution in [1.82, 2.24) is 14.9 Å². The van der Waals surface area contributed by atoms with Gasteiger partial charge in [0.2, 0.25) is 0 Å². The van der Waals surface area contributed by atoms with E-state index in [0.717, 1.165) is 37.6 Å². The highest BCUT2D eigenvalue weighted by Gasteiger charge is 2.23. The predicted octanol–water partition coefficient (Wildman–Crippen LogP) is 3.04. The van der Waals surface area contributed by atoms with Crippen LogP contribution in [-0.2, 0) is 0 Å². The lowest BCUT2D eigenvalue weighted by molar-refractivity contribution is 0.0746. The van der Waals surface area contributed by atoms with Crippen LogP contribution < -0.4 is 10.2 Å². The van der Waals surface area contributed by atoms with Crippen molar-refractivity contribution in [3.8, 4) is 0 Å². The number of aromatic nitrogens is 2. The maximum Gasteiger partial charge on any atom is 0.255 e. The van der Waals surface area contributed by atoms with Gasteiger partial charge in [-0.05, 0) is 24.6 Å². The summed E-state index contributed by atoms with van der Waals surface area (Å²) < 4.78 is 0. The highest BCUT2D eigenvalue weighted by atomic mass is 16.2. The first-order chi connectivity index (χ1) is 12.8. The zero-order chi connectivity index (χ0) is 18.2. The molecule has 0 radical (unpaired) electrons. The SMILES string of the molecule is CCCCCNc1cncc(C(=O)N2CCN(c3ccccn3)CC2)c1. The van der Waals surface area contributed by atoms with E-state index < -0.39 is 0 Å². The molecule has 1 amide bonds. The molecule has 0 atom stereocenters. The Balaban J connectivity index is 1.55. The second-order valence-electron chi connectivity index (χ2n) is 6.56. The Morgan fingerprint density at radius 3 is 2.73 bits per heavy atom. The van der Waals surface area contributed by atoms with Crippen molar-refractivity contribution in [2.45, 2.75) is 26.2 Å². The Morgan fingerprint density at radius 2 is 2.00 bits per heavy atom. The van der Waals surface area contributed by atoms with E-state index >= 15 is 0 Å². The van der Waals surface area contributed by atoms with Crippen LogP contribution in [0, 0.1) is 0 Å². The summed E-state index contributed by atoms with van der Waals surface area (Å²) in [4.78, 5) is 25.5. The second-order valence-corrected chi connectivity index (χ2v) is 6.56. The first-order valence-electron chi connectivity index (χ1n) is 9.42. The summed E-state index contributed by atoms with van der Waals surface area (Å²) in [6.45, 7) is 6.09. The highest BCUT2D eigenvalue weighted by molar-refractivity contribution is 5.94. The number of nitrogens with zero attached hydrogens (tertiary/aromatic N) is 4. The van der Waals surface area contributed by atoms with Gasteiger partial charge in [-0.1, -0.05) is 25.8 Å². The number of carbonyl (C=O) groups is 1. The molecule has 1 saturated heterocycles. The van der Waals surface area contributed by atoms with E-state index in [1.165, 1.54) is 12.8 Å². The normalized spacial score (nSPS) is 14.3. The van der Waals surface area contributed by atoms with Crippen LogP contribution in [0.25, 0.3) is 0 Å². The van der Waals surface area contributed by atoms with Crippen molar-refractivity contribution in [3.63, 3.8) is 0 Å². The average Bonchev–Trinajstić information content (AvgIpc) is 2.72. The number of rotatable bonds is 7.